The average Bonchev–Trinajstić information content (AvgIpc) is 2.78. The second kappa shape index (κ2) is 5.23. The zero-order valence-corrected chi connectivity index (χ0v) is 11.8. The molecule has 0 aliphatic carbocycles. The van der Waals surface area contributed by atoms with Crippen LogP contribution in [0.5, 0.6) is 0 Å². The summed E-state index contributed by atoms with van der Waals surface area (Å²) in [6.45, 7) is 2.57. The third kappa shape index (κ3) is 2.53. The Balaban J connectivity index is 1.93. The molecule has 0 amide bonds. The Hall–Kier alpha value is -1.91. The largest absolute Gasteiger partial charge is 0.392 e. The van der Waals surface area contributed by atoms with Crippen molar-refractivity contribution in [3.8, 4) is 0 Å². The molecule has 0 atom stereocenters. The Morgan fingerprint density at radius 1 is 1.30 bits per heavy atom. The first-order chi connectivity index (χ1) is 9.65. The van der Waals surface area contributed by atoms with Crippen molar-refractivity contribution < 1.29 is 5.11 Å². The van der Waals surface area contributed by atoms with Crippen LogP contribution in [-0.2, 0) is 13.2 Å². The smallest absolute Gasteiger partial charge is 0.0715 e. The van der Waals surface area contributed by atoms with Crippen molar-refractivity contribution in [2.75, 3.05) is 0 Å². The molecule has 0 saturated heterocycles. The SMILES string of the molecule is Cc1nn(Cc2ccc3ncc(Cl)cc3c2)cc1CO. The average molecular weight is 288 g/mol. The van der Waals surface area contributed by atoms with Gasteiger partial charge < -0.3 is 5.11 Å². The van der Waals surface area contributed by atoms with Gasteiger partial charge in [-0.3, -0.25) is 9.67 Å². The van der Waals surface area contributed by atoms with E-state index in [2.05, 4.69) is 16.1 Å². The lowest BCUT2D eigenvalue weighted by molar-refractivity contribution is 0.281. The van der Waals surface area contributed by atoms with Gasteiger partial charge in [0, 0.05) is 23.3 Å². The summed E-state index contributed by atoms with van der Waals surface area (Å²) in [7, 11) is 0. The fourth-order valence-electron chi connectivity index (χ4n) is 2.23. The van der Waals surface area contributed by atoms with Gasteiger partial charge in [0.2, 0.25) is 0 Å². The molecule has 0 radical (unpaired) electrons. The normalized spacial score (nSPS) is 11.2. The Morgan fingerprint density at radius 2 is 2.15 bits per heavy atom. The minimum atomic E-state index is 0.0169. The quantitative estimate of drug-likeness (QED) is 0.806. The molecule has 1 N–H and O–H groups in total. The molecule has 0 fully saturated rings. The van der Waals surface area contributed by atoms with E-state index in [0.29, 0.717) is 11.6 Å². The molecule has 0 unspecified atom stereocenters. The van der Waals surface area contributed by atoms with Crippen LogP contribution in [0.3, 0.4) is 0 Å². The molecule has 102 valence electrons. The molecule has 4 nitrogen and oxygen atoms in total. The molecule has 3 rings (SSSR count). The Labute approximate surface area is 121 Å². The van der Waals surface area contributed by atoms with E-state index in [9.17, 15) is 5.11 Å². The standard InChI is InChI=1S/C15H14ClN3O/c1-10-13(9-20)8-19(18-10)7-11-2-3-15-12(4-11)5-14(16)6-17-15/h2-6,8,20H,7,9H2,1H3. The molecule has 1 aromatic carbocycles. The molecule has 2 heterocycles. The highest BCUT2D eigenvalue weighted by Gasteiger charge is 2.05. The summed E-state index contributed by atoms with van der Waals surface area (Å²) < 4.78 is 1.83. The Bertz CT molecular complexity index is 767. The predicted molar refractivity (Wildman–Crippen MR) is 78.7 cm³/mol. The van der Waals surface area contributed by atoms with Gasteiger partial charge in [0.25, 0.3) is 0 Å². The second-order valence-corrected chi connectivity index (χ2v) is 5.21. The van der Waals surface area contributed by atoms with E-state index in [1.807, 2.05) is 36.0 Å². The molecule has 3 aromatic rings. The summed E-state index contributed by atoms with van der Waals surface area (Å²) in [6, 6.07) is 7.97. The second-order valence-electron chi connectivity index (χ2n) is 4.78. The third-order valence-corrected chi connectivity index (χ3v) is 3.48. The number of halogens is 1. The molecule has 0 spiro atoms. The van der Waals surface area contributed by atoms with Gasteiger partial charge >= 0.3 is 0 Å². The van der Waals surface area contributed by atoms with Crippen LogP contribution in [0.25, 0.3) is 10.9 Å². The monoisotopic (exact) mass is 287 g/mol. The van der Waals surface area contributed by atoms with Gasteiger partial charge in [-0.05, 0) is 30.7 Å². The zero-order chi connectivity index (χ0) is 14.1. The van der Waals surface area contributed by atoms with Gasteiger partial charge in [0.1, 0.15) is 0 Å². The van der Waals surface area contributed by atoms with Crippen molar-refractivity contribution in [3.05, 3.63) is 58.5 Å². The van der Waals surface area contributed by atoms with E-state index >= 15 is 0 Å². The predicted octanol–water partition coefficient (Wildman–Crippen LogP) is 2.93. The van der Waals surface area contributed by atoms with Crippen LogP contribution < -0.4 is 0 Å². The van der Waals surface area contributed by atoms with Crippen molar-refractivity contribution in [3.63, 3.8) is 0 Å². The van der Waals surface area contributed by atoms with Crippen LogP contribution in [0.1, 0.15) is 16.8 Å². The van der Waals surface area contributed by atoms with Crippen molar-refractivity contribution in [2.24, 2.45) is 0 Å². The summed E-state index contributed by atoms with van der Waals surface area (Å²) in [5, 5.41) is 15.2. The number of nitrogens with zero attached hydrogens (tertiary/aromatic N) is 3. The third-order valence-electron chi connectivity index (χ3n) is 3.28. The van der Waals surface area contributed by atoms with E-state index in [1.165, 1.54) is 0 Å². The van der Waals surface area contributed by atoms with Crippen LogP contribution in [0.2, 0.25) is 5.02 Å². The number of benzene rings is 1. The Morgan fingerprint density at radius 3 is 2.90 bits per heavy atom. The summed E-state index contributed by atoms with van der Waals surface area (Å²) in [6.07, 6.45) is 3.52. The van der Waals surface area contributed by atoms with Crippen molar-refractivity contribution in [1.29, 1.82) is 0 Å². The molecule has 5 heteroatoms. The lowest BCUT2D eigenvalue weighted by Crippen LogP contribution is -2.00. The minimum absolute atomic E-state index is 0.0169. The number of aliphatic hydroxyl groups excluding tert-OH is 1. The molecular weight excluding hydrogens is 274 g/mol. The lowest BCUT2D eigenvalue weighted by Gasteiger charge is -2.04. The van der Waals surface area contributed by atoms with Gasteiger partial charge in [0.15, 0.2) is 0 Å². The fraction of sp³-hybridized carbons (Fsp3) is 0.200. The lowest BCUT2D eigenvalue weighted by atomic mass is 10.1. The highest BCUT2D eigenvalue weighted by Crippen LogP contribution is 2.19. The van der Waals surface area contributed by atoms with Gasteiger partial charge in [-0.1, -0.05) is 17.7 Å². The van der Waals surface area contributed by atoms with Gasteiger partial charge in [-0.2, -0.15) is 5.10 Å². The van der Waals surface area contributed by atoms with Crippen LogP contribution >= 0.6 is 11.6 Å². The number of pyridine rings is 1. The van der Waals surface area contributed by atoms with Crippen LogP contribution in [0.4, 0.5) is 0 Å². The van der Waals surface area contributed by atoms with Crippen LogP contribution in [0.15, 0.2) is 36.7 Å². The summed E-state index contributed by atoms with van der Waals surface area (Å²) in [5.74, 6) is 0. The number of fused-ring (bicyclic) bond motifs is 1. The van der Waals surface area contributed by atoms with Gasteiger partial charge in [-0.25, -0.2) is 0 Å². The molecule has 0 bridgehead atoms. The molecule has 20 heavy (non-hydrogen) atoms. The molecule has 2 aromatic heterocycles. The van der Waals surface area contributed by atoms with E-state index in [4.69, 9.17) is 11.6 Å². The van der Waals surface area contributed by atoms with Crippen molar-refractivity contribution in [1.82, 2.24) is 14.8 Å². The van der Waals surface area contributed by atoms with Crippen LogP contribution in [0, 0.1) is 6.92 Å². The number of hydrogen-bond acceptors (Lipinski definition) is 3. The summed E-state index contributed by atoms with van der Waals surface area (Å²) in [4.78, 5) is 4.27. The highest BCUT2D eigenvalue weighted by atomic mass is 35.5. The number of aliphatic hydroxyl groups is 1. The van der Waals surface area contributed by atoms with E-state index < -0.39 is 0 Å². The van der Waals surface area contributed by atoms with E-state index in [0.717, 1.165) is 27.7 Å². The summed E-state index contributed by atoms with van der Waals surface area (Å²) in [5.41, 5.74) is 3.76. The molecule has 0 aliphatic heterocycles. The van der Waals surface area contributed by atoms with E-state index in [-0.39, 0.29) is 6.61 Å². The first-order valence-corrected chi connectivity index (χ1v) is 6.71. The van der Waals surface area contributed by atoms with E-state index in [1.54, 1.807) is 6.20 Å². The van der Waals surface area contributed by atoms with Crippen LogP contribution in [-0.4, -0.2) is 19.9 Å². The maximum absolute atomic E-state index is 9.19. The van der Waals surface area contributed by atoms with Gasteiger partial charge in [0.05, 0.1) is 29.4 Å². The zero-order valence-electron chi connectivity index (χ0n) is 11.0. The topological polar surface area (TPSA) is 50.9 Å². The van der Waals surface area contributed by atoms with Crippen molar-refractivity contribution >= 4 is 22.5 Å². The first kappa shape index (κ1) is 13.1. The number of aryl methyl sites for hydroxylation is 1. The summed E-state index contributed by atoms with van der Waals surface area (Å²) >= 11 is 5.97. The Kier molecular flexibility index (Phi) is 3.42. The first-order valence-electron chi connectivity index (χ1n) is 6.33. The number of hydrogen-bond donors (Lipinski definition) is 1. The molecule has 0 aliphatic rings. The number of rotatable bonds is 3. The molecule has 0 saturated carbocycles. The number of aromatic nitrogens is 3. The fourth-order valence-corrected chi connectivity index (χ4v) is 2.40. The molecular formula is C15H14ClN3O. The maximum Gasteiger partial charge on any atom is 0.0715 e. The van der Waals surface area contributed by atoms with Crippen molar-refractivity contribution in [2.45, 2.75) is 20.1 Å². The minimum Gasteiger partial charge on any atom is -0.392 e. The van der Waals surface area contributed by atoms with Gasteiger partial charge in [-0.15, -0.1) is 0 Å². The highest BCUT2D eigenvalue weighted by molar-refractivity contribution is 6.31. The maximum atomic E-state index is 9.19.